The summed E-state index contributed by atoms with van der Waals surface area (Å²) >= 11 is 0. The minimum Gasteiger partial charge on any atom is -0.308 e. The fourth-order valence-corrected chi connectivity index (χ4v) is 0.996. The predicted octanol–water partition coefficient (Wildman–Crippen LogP) is 0.641. The zero-order chi connectivity index (χ0) is 8.27. The minimum absolute atomic E-state index is 0.105. The van der Waals surface area contributed by atoms with Gasteiger partial charge in [-0.2, -0.15) is 15.4 Å². The molecule has 2 N–H and O–H groups in total. The first kappa shape index (κ1) is 7.94. The molecule has 11 heavy (non-hydrogen) atoms. The van der Waals surface area contributed by atoms with Crippen molar-refractivity contribution in [2.75, 3.05) is 7.05 Å². The summed E-state index contributed by atoms with van der Waals surface area (Å²) in [5, 5.41) is 13.3. The lowest BCUT2D eigenvalue weighted by molar-refractivity contribution is 0.656. The average molecular weight is 152 g/mol. The van der Waals surface area contributed by atoms with Crippen molar-refractivity contribution >= 4 is 0 Å². The second kappa shape index (κ2) is 3.30. The van der Waals surface area contributed by atoms with Crippen molar-refractivity contribution in [2.24, 2.45) is 0 Å². The average Bonchev–Trinajstić information content (AvgIpc) is 2.40. The number of aromatic nitrogens is 3. The van der Waals surface area contributed by atoms with E-state index in [9.17, 15) is 0 Å². The van der Waals surface area contributed by atoms with E-state index < -0.39 is 0 Å². The molecule has 1 atom stereocenters. The highest BCUT2D eigenvalue weighted by atomic mass is 15.3. The van der Waals surface area contributed by atoms with Crippen molar-refractivity contribution in [2.45, 2.75) is 13.0 Å². The fourth-order valence-electron chi connectivity index (χ4n) is 0.996. The number of rotatable bonds is 3. The number of H-pyrrole nitrogens is 1. The Bertz CT molecular complexity index is 227. The Morgan fingerprint density at radius 3 is 2.91 bits per heavy atom. The highest BCUT2D eigenvalue weighted by molar-refractivity contribution is 5.14. The third-order valence-corrected chi connectivity index (χ3v) is 1.51. The van der Waals surface area contributed by atoms with Crippen molar-refractivity contribution in [1.29, 1.82) is 0 Å². The maximum atomic E-state index is 3.95. The monoisotopic (exact) mass is 152 g/mol. The van der Waals surface area contributed by atoms with E-state index in [2.05, 4.69) is 27.3 Å². The number of hydrogen-bond donors (Lipinski definition) is 2. The van der Waals surface area contributed by atoms with Gasteiger partial charge < -0.3 is 5.32 Å². The number of nitrogens with zero attached hydrogens (tertiary/aromatic N) is 2. The Labute approximate surface area is 65.7 Å². The van der Waals surface area contributed by atoms with Crippen LogP contribution in [0, 0.1) is 0 Å². The Balaban J connectivity index is 2.79. The second-order valence-corrected chi connectivity index (χ2v) is 2.46. The van der Waals surface area contributed by atoms with Gasteiger partial charge in [-0.1, -0.05) is 12.2 Å². The van der Waals surface area contributed by atoms with E-state index in [-0.39, 0.29) is 6.04 Å². The number of aromatic amines is 1. The van der Waals surface area contributed by atoms with E-state index in [1.165, 1.54) is 0 Å². The smallest absolute Gasteiger partial charge is 0.104 e. The lowest BCUT2D eigenvalue weighted by Crippen LogP contribution is -2.17. The van der Waals surface area contributed by atoms with Gasteiger partial charge in [0.05, 0.1) is 12.2 Å². The lowest BCUT2D eigenvalue weighted by Gasteiger charge is -2.11. The molecule has 4 heteroatoms. The van der Waals surface area contributed by atoms with Gasteiger partial charge in [-0.3, -0.25) is 0 Å². The largest absolute Gasteiger partial charge is 0.308 e. The molecule has 0 aliphatic carbocycles. The Kier molecular flexibility index (Phi) is 2.38. The second-order valence-electron chi connectivity index (χ2n) is 2.46. The first-order valence-electron chi connectivity index (χ1n) is 3.44. The van der Waals surface area contributed by atoms with Gasteiger partial charge in [-0.05, 0) is 14.0 Å². The molecule has 0 aliphatic rings. The third-order valence-electron chi connectivity index (χ3n) is 1.51. The van der Waals surface area contributed by atoms with Gasteiger partial charge >= 0.3 is 0 Å². The molecule has 0 saturated carbocycles. The van der Waals surface area contributed by atoms with Crippen LogP contribution in [-0.2, 0) is 0 Å². The quantitative estimate of drug-likeness (QED) is 0.625. The number of likely N-dealkylation sites (N-methyl/N-ethyl adjacent to an activating group) is 1. The van der Waals surface area contributed by atoms with E-state index in [1.54, 1.807) is 6.20 Å². The van der Waals surface area contributed by atoms with E-state index in [4.69, 9.17) is 0 Å². The molecule has 0 radical (unpaired) electrons. The highest BCUT2D eigenvalue weighted by Gasteiger charge is 2.11. The minimum atomic E-state index is 0.105. The normalized spacial score (nSPS) is 12.9. The topological polar surface area (TPSA) is 53.6 Å². The molecule has 0 fully saturated rings. The van der Waals surface area contributed by atoms with Crippen molar-refractivity contribution in [1.82, 2.24) is 20.7 Å². The van der Waals surface area contributed by atoms with Gasteiger partial charge in [0.25, 0.3) is 0 Å². The molecule has 1 aromatic heterocycles. The van der Waals surface area contributed by atoms with Crippen molar-refractivity contribution < 1.29 is 0 Å². The molecule has 0 spiro atoms. The van der Waals surface area contributed by atoms with E-state index in [1.807, 2.05) is 14.0 Å². The molecular weight excluding hydrogens is 140 g/mol. The Morgan fingerprint density at radius 1 is 1.82 bits per heavy atom. The van der Waals surface area contributed by atoms with Crippen LogP contribution in [0.4, 0.5) is 0 Å². The van der Waals surface area contributed by atoms with E-state index in [0.717, 1.165) is 11.3 Å². The number of hydrogen-bond acceptors (Lipinski definition) is 3. The van der Waals surface area contributed by atoms with Gasteiger partial charge in [-0.25, -0.2) is 0 Å². The summed E-state index contributed by atoms with van der Waals surface area (Å²) in [6.45, 7) is 5.79. The Morgan fingerprint density at radius 2 is 2.55 bits per heavy atom. The number of nitrogens with one attached hydrogen (secondary N) is 2. The zero-order valence-electron chi connectivity index (χ0n) is 6.76. The highest BCUT2D eigenvalue weighted by Crippen LogP contribution is 2.14. The molecule has 0 saturated heterocycles. The van der Waals surface area contributed by atoms with Crippen LogP contribution in [0.5, 0.6) is 0 Å². The lowest BCUT2D eigenvalue weighted by atomic mass is 10.1. The third kappa shape index (κ3) is 1.65. The molecule has 0 amide bonds. The van der Waals surface area contributed by atoms with Crippen molar-refractivity contribution in [3.05, 3.63) is 24.0 Å². The first-order chi connectivity index (χ1) is 5.25. The van der Waals surface area contributed by atoms with Crippen molar-refractivity contribution in [3.63, 3.8) is 0 Å². The Hall–Kier alpha value is -1.16. The molecule has 0 aliphatic heterocycles. The zero-order valence-corrected chi connectivity index (χ0v) is 6.76. The fraction of sp³-hybridized carbons (Fsp3) is 0.429. The summed E-state index contributed by atoms with van der Waals surface area (Å²) < 4.78 is 0. The van der Waals surface area contributed by atoms with E-state index in [0.29, 0.717) is 0 Å². The molecule has 1 rings (SSSR count). The van der Waals surface area contributed by atoms with Crippen molar-refractivity contribution in [3.8, 4) is 0 Å². The van der Waals surface area contributed by atoms with Crippen LogP contribution >= 0.6 is 0 Å². The summed E-state index contributed by atoms with van der Waals surface area (Å²) in [6, 6.07) is 0.105. The molecule has 1 aromatic rings. The maximum absolute atomic E-state index is 3.95. The van der Waals surface area contributed by atoms with Crippen LogP contribution in [-0.4, -0.2) is 22.5 Å². The summed E-state index contributed by atoms with van der Waals surface area (Å²) in [4.78, 5) is 0. The molecule has 1 unspecified atom stereocenters. The summed E-state index contributed by atoms with van der Waals surface area (Å²) in [7, 11) is 1.87. The van der Waals surface area contributed by atoms with Crippen LogP contribution in [0.2, 0.25) is 0 Å². The SMILES string of the molecule is C=C(C)C(NC)c1cn[nH]n1. The molecule has 0 aromatic carbocycles. The standard InChI is InChI=1S/C7H12N4/c1-5(2)7(8-3)6-4-9-11-10-6/h4,7-8H,1H2,2-3H3,(H,9,10,11). The van der Waals surface area contributed by atoms with Crippen LogP contribution in [0.15, 0.2) is 18.3 Å². The molecule has 4 nitrogen and oxygen atoms in total. The van der Waals surface area contributed by atoms with Crippen LogP contribution in [0.3, 0.4) is 0 Å². The molecule has 60 valence electrons. The van der Waals surface area contributed by atoms with Gasteiger partial charge in [0.15, 0.2) is 0 Å². The van der Waals surface area contributed by atoms with Gasteiger partial charge in [0.1, 0.15) is 5.69 Å². The molecule has 1 heterocycles. The predicted molar refractivity (Wildman–Crippen MR) is 43.0 cm³/mol. The van der Waals surface area contributed by atoms with Gasteiger partial charge in [0.2, 0.25) is 0 Å². The van der Waals surface area contributed by atoms with Crippen LogP contribution < -0.4 is 5.32 Å². The first-order valence-corrected chi connectivity index (χ1v) is 3.44. The van der Waals surface area contributed by atoms with Crippen LogP contribution in [0.25, 0.3) is 0 Å². The molecule has 0 bridgehead atoms. The summed E-state index contributed by atoms with van der Waals surface area (Å²) in [6.07, 6.45) is 1.69. The molecular formula is C7H12N4. The van der Waals surface area contributed by atoms with Gasteiger partial charge in [0, 0.05) is 0 Å². The maximum Gasteiger partial charge on any atom is 0.104 e. The van der Waals surface area contributed by atoms with E-state index >= 15 is 0 Å². The summed E-state index contributed by atoms with van der Waals surface area (Å²) in [5.74, 6) is 0. The summed E-state index contributed by atoms with van der Waals surface area (Å²) in [5.41, 5.74) is 1.90. The van der Waals surface area contributed by atoms with Gasteiger partial charge in [-0.15, -0.1) is 0 Å². The van der Waals surface area contributed by atoms with Crippen LogP contribution in [0.1, 0.15) is 18.7 Å².